The molecule has 1 unspecified atom stereocenters. The molecular weight excluding hydrogens is 313 g/mol. The summed E-state index contributed by atoms with van der Waals surface area (Å²) in [5.74, 6) is 0. The number of rotatable bonds is 3. The minimum absolute atomic E-state index is 0. The van der Waals surface area contributed by atoms with Crippen molar-refractivity contribution in [2.45, 2.75) is 25.4 Å². The third-order valence-electron chi connectivity index (χ3n) is 3.55. The summed E-state index contributed by atoms with van der Waals surface area (Å²) < 4.78 is 0. The molecule has 0 saturated carbocycles. The molecule has 1 aromatic heterocycles. The summed E-state index contributed by atoms with van der Waals surface area (Å²) >= 11 is 7.53. The quantitative estimate of drug-likeness (QED) is 0.920. The first kappa shape index (κ1) is 15.6. The lowest BCUT2D eigenvalue weighted by molar-refractivity contribution is 0.250. The van der Waals surface area contributed by atoms with Crippen LogP contribution in [0.15, 0.2) is 30.5 Å². The van der Waals surface area contributed by atoms with Crippen LogP contribution in [0.2, 0.25) is 5.02 Å². The number of halogens is 2. The molecule has 0 amide bonds. The maximum Gasteiger partial charge on any atom is 0.180 e. The predicted molar refractivity (Wildman–Crippen MR) is 87.6 cm³/mol. The number of likely N-dealkylation sites (tertiary alicyclic amines) is 1. The number of nitrogens with zero attached hydrogens (tertiary/aromatic N) is 2. The largest absolute Gasteiger partial charge is 0.375 e. The van der Waals surface area contributed by atoms with E-state index in [0.717, 1.165) is 18.1 Å². The molecule has 20 heavy (non-hydrogen) atoms. The Kier molecular flexibility index (Phi) is 5.27. The van der Waals surface area contributed by atoms with Crippen molar-refractivity contribution in [3.05, 3.63) is 45.9 Å². The van der Waals surface area contributed by atoms with Gasteiger partial charge in [0.05, 0.1) is 0 Å². The molecule has 1 aliphatic heterocycles. The Hall–Kier alpha value is -0.810. The minimum Gasteiger partial charge on any atom is -0.375 e. The van der Waals surface area contributed by atoms with Crippen molar-refractivity contribution in [3.8, 4) is 0 Å². The predicted octanol–water partition coefficient (Wildman–Crippen LogP) is 4.14. The van der Waals surface area contributed by atoms with Gasteiger partial charge in [-0.15, -0.1) is 23.7 Å². The van der Waals surface area contributed by atoms with Gasteiger partial charge in [0.1, 0.15) is 0 Å². The highest BCUT2D eigenvalue weighted by Crippen LogP contribution is 2.34. The van der Waals surface area contributed by atoms with Crippen molar-refractivity contribution in [1.82, 2.24) is 9.88 Å². The van der Waals surface area contributed by atoms with Crippen molar-refractivity contribution in [3.63, 3.8) is 0 Å². The summed E-state index contributed by atoms with van der Waals surface area (Å²) in [4.78, 5) is 7.85. The van der Waals surface area contributed by atoms with Crippen LogP contribution in [0.1, 0.15) is 29.3 Å². The molecule has 6 heteroatoms. The maximum absolute atomic E-state index is 5.95. The smallest absolute Gasteiger partial charge is 0.180 e. The van der Waals surface area contributed by atoms with Gasteiger partial charge < -0.3 is 5.73 Å². The molecule has 1 fully saturated rings. The van der Waals surface area contributed by atoms with E-state index in [1.165, 1.54) is 23.3 Å². The van der Waals surface area contributed by atoms with Crippen molar-refractivity contribution in [1.29, 1.82) is 0 Å². The van der Waals surface area contributed by atoms with Crippen molar-refractivity contribution in [2.24, 2.45) is 0 Å². The number of hydrogen-bond donors (Lipinski definition) is 1. The highest BCUT2D eigenvalue weighted by atomic mass is 35.5. The first-order valence-corrected chi connectivity index (χ1v) is 7.61. The number of benzene rings is 1. The normalized spacial score (nSPS) is 18.9. The Morgan fingerprint density at radius 2 is 2.10 bits per heavy atom. The molecule has 0 aliphatic carbocycles. The standard InChI is InChI=1S/C14H16ClN3S.ClH/c15-11-5-3-10(4-6-11)13-2-1-7-18(13)9-12-8-17-14(16)19-12;/h3-6,8,13H,1-2,7,9H2,(H2,16,17);1H. The van der Waals surface area contributed by atoms with Gasteiger partial charge in [0.15, 0.2) is 5.13 Å². The fraction of sp³-hybridized carbons (Fsp3) is 0.357. The number of nitrogens with two attached hydrogens (primary N) is 1. The van der Waals surface area contributed by atoms with Crippen LogP contribution < -0.4 is 5.73 Å². The fourth-order valence-electron chi connectivity index (χ4n) is 2.67. The van der Waals surface area contributed by atoms with E-state index in [2.05, 4.69) is 22.0 Å². The Morgan fingerprint density at radius 1 is 1.35 bits per heavy atom. The van der Waals surface area contributed by atoms with Crippen LogP contribution in [-0.4, -0.2) is 16.4 Å². The molecule has 1 aromatic carbocycles. The van der Waals surface area contributed by atoms with Crippen LogP contribution in [0.25, 0.3) is 0 Å². The van der Waals surface area contributed by atoms with Crippen LogP contribution >= 0.6 is 35.3 Å². The van der Waals surface area contributed by atoms with Gasteiger partial charge in [0.25, 0.3) is 0 Å². The van der Waals surface area contributed by atoms with E-state index in [1.54, 1.807) is 11.3 Å². The van der Waals surface area contributed by atoms with Crippen LogP contribution in [0.3, 0.4) is 0 Å². The molecule has 3 rings (SSSR count). The van der Waals surface area contributed by atoms with E-state index in [9.17, 15) is 0 Å². The number of thiazole rings is 1. The first-order chi connectivity index (χ1) is 9.22. The maximum atomic E-state index is 5.95. The van der Waals surface area contributed by atoms with E-state index in [-0.39, 0.29) is 12.4 Å². The first-order valence-electron chi connectivity index (χ1n) is 6.42. The van der Waals surface area contributed by atoms with Crippen molar-refractivity contribution in [2.75, 3.05) is 12.3 Å². The molecule has 1 saturated heterocycles. The Balaban J connectivity index is 0.00000147. The molecule has 0 spiro atoms. The molecule has 0 radical (unpaired) electrons. The van der Waals surface area contributed by atoms with Crippen LogP contribution in [-0.2, 0) is 6.54 Å². The summed E-state index contributed by atoms with van der Waals surface area (Å²) in [7, 11) is 0. The number of aromatic nitrogens is 1. The van der Waals surface area contributed by atoms with Crippen LogP contribution in [0.5, 0.6) is 0 Å². The molecule has 1 atom stereocenters. The molecule has 1 aliphatic rings. The monoisotopic (exact) mass is 329 g/mol. The van der Waals surface area contributed by atoms with Gasteiger partial charge in [0.2, 0.25) is 0 Å². The minimum atomic E-state index is 0. The van der Waals surface area contributed by atoms with E-state index in [1.807, 2.05) is 18.3 Å². The summed E-state index contributed by atoms with van der Waals surface area (Å²) in [6.45, 7) is 2.06. The highest BCUT2D eigenvalue weighted by Gasteiger charge is 2.26. The average molecular weight is 330 g/mol. The Bertz CT molecular complexity index is 556. The second-order valence-electron chi connectivity index (χ2n) is 4.84. The summed E-state index contributed by atoms with van der Waals surface area (Å²) in [6.07, 6.45) is 4.33. The average Bonchev–Trinajstić information content (AvgIpc) is 3.00. The van der Waals surface area contributed by atoms with Gasteiger partial charge in [-0.1, -0.05) is 23.7 Å². The Labute approximate surface area is 134 Å². The Morgan fingerprint density at radius 3 is 2.75 bits per heavy atom. The van der Waals surface area contributed by atoms with Gasteiger partial charge >= 0.3 is 0 Å². The molecule has 3 nitrogen and oxygen atoms in total. The van der Waals surface area contributed by atoms with E-state index in [0.29, 0.717) is 11.2 Å². The van der Waals surface area contributed by atoms with Gasteiger partial charge in [-0.2, -0.15) is 0 Å². The van der Waals surface area contributed by atoms with Gasteiger partial charge in [-0.3, -0.25) is 4.90 Å². The van der Waals surface area contributed by atoms with Gasteiger partial charge in [-0.05, 0) is 37.1 Å². The van der Waals surface area contributed by atoms with Crippen molar-refractivity contribution >= 4 is 40.5 Å². The van der Waals surface area contributed by atoms with Crippen LogP contribution in [0.4, 0.5) is 5.13 Å². The highest BCUT2D eigenvalue weighted by molar-refractivity contribution is 7.15. The number of nitrogen functional groups attached to an aromatic ring is 1. The third kappa shape index (κ3) is 3.44. The zero-order valence-electron chi connectivity index (χ0n) is 11.0. The number of anilines is 1. The summed E-state index contributed by atoms with van der Waals surface area (Å²) in [5, 5.41) is 1.45. The SMILES string of the molecule is Cl.Nc1ncc(CN2CCCC2c2ccc(Cl)cc2)s1. The third-order valence-corrected chi connectivity index (χ3v) is 4.61. The van der Waals surface area contributed by atoms with E-state index in [4.69, 9.17) is 17.3 Å². The van der Waals surface area contributed by atoms with E-state index < -0.39 is 0 Å². The molecule has 2 N–H and O–H groups in total. The van der Waals surface area contributed by atoms with E-state index >= 15 is 0 Å². The topological polar surface area (TPSA) is 42.1 Å². The lowest BCUT2D eigenvalue weighted by Crippen LogP contribution is -2.22. The molecule has 108 valence electrons. The lowest BCUT2D eigenvalue weighted by Gasteiger charge is -2.24. The van der Waals surface area contributed by atoms with Crippen molar-refractivity contribution < 1.29 is 0 Å². The molecule has 2 heterocycles. The fourth-order valence-corrected chi connectivity index (χ4v) is 3.51. The second-order valence-corrected chi connectivity index (χ2v) is 6.43. The summed E-state index contributed by atoms with van der Waals surface area (Å²) in [5.41, 5.74) is 7.04. The molecular formula is C14H17Cl2N3S. The van der Waals surface area contributed by atoms with Gasteiger partial charge in [0, 0.05) is 28.7 Å². The lowest BCUT2D eigenvalue weighted by atomic mass is 10.0. The van der Waals surface area contributed by atoms with Gasteiger partial charge in [-0.25, -0.2) is 4.98 Å². The molecule has 2 aromatic rings. The zero-order valence-corrected chi connectivity index (χ0v) is 13.3. The molecule has 0 bridgehead atoms. The zero-order chi connectivity index (χ0) is 13.2. The summed E-state index contributed by atoms with van der Waals surface area (Å²) in [6, 6.07) is 8.69. The number of hydrogen-bond acceptors (Lipinski definition) is 4. The second kappa shape index (κ2) is 6.76. The van der Waals surface area contributed by atoms with Crippen LogP contribution in [0, 0.1) is 0 Å².